The highest BCUT2D eigenvalue weighted by Crippen LogP contribution is 2.61. The smallest absolute Gasteiger partial charge is 0.181 e. The Labute approximate surface area is 191 Å². The van der Waals surface area contributed by atoms with Crippen LogP contribution in [0.4, 0.5) is 8.78 Å². The van der Waals surface area contributed by atoms with Gasteiger partial charge in [0.25, 0.3) is 0 Å². The van der Waals surface area contributed by atoms with Gasteiger partial charge < -0.3 is 14.4 Å². The number of halogens is 2. The van der Waals surface area contributed by atoms with Crippen LogP contribution < -0.4 is 4.74 Å². The lowest BCUT2D eigenvalue weighted by Crippen LogP contribution is -2.39. The third-order valence-corrected chi connectivity index (χ3v) is 8.13. The first kappa shape index (κ1) is 25.4. The average molecular weight is 474 g/mol. The van der Waals surface area contributed by atoms with Gasteiger partial charge in [0.05, 0.1) is 18.8 Å². The van der Waals surface area contributed by atoms with Crippen molar-refractivity contribution >= 4 is 9.84 Å². The van der Waals surface area contributed by atoms with Gasteiger partial charge in [0.2, 0.25) is 0 Å². The van der Waals surface area contributed by atoms with Gasteiger partial charge in [-0.15, -0.1) is 0 Å². The van der Waals surface area contributed by atoms with Crippen molar-refractivity contribution in [3.63, 3.8) is 0 Å². The molecule has 0 radical (unpaired) electrons. The SMILES string of the molecule is CC(C)(C)OCCN1CCC([C@@]2(C)C[C@H]2CCOc2cc(F)c(S(C)(=O)=O)c(F)c2)CC1. The first-order valence-corrected chi connectivity index (χ1v) is 13.4. The van der Waals surface area contributed by atoms with Crippen LogP contribution in [0.15, 0.2) is 17.0 Å². The number of hydrogen-bond donors (Lipinski definition) is 0. The van der Waals surface area contributed by atoms with Crippen LogP contribution in [0, 0.1) is 28.9 Å². The van der Waals surface area contributed by atoms with Crippen molar-refractivity contribution in [3.8, 4) is 5.75 Å². The van der Waals surface area contributed by atoms with Crippen LogP contribution in [0.2, 0.25) is 0 Å². The lowest BCUT2D eigenvalue weighted by Gasteiger charge is -2.36. The van der Waals surface area contributed by atoms with Gasteiger partial charge in [-0.1, -0.05) is 6.92 Å². The molecule has 0 N–H and O–H groups in total. The van der Waals surface area contributed by atoms with Crippen LogP contribution in [0.25, 0.3) is 0 Å². The van der Waals surface area contributed by atoms with Crippen molar-refractivity contribution in [2.45, 2.75) is 63.9 Å². The number of ether oxygens (including phenoxy) is 2. The molecule has 1 saturated carbocycles. The number of nitrogens with zero attached hydrogens (tertiary/aromatic N) is 1. The van der Waals surface area contributed by atoms with Gasteiger partial charge >= 0.3 is 0 Å². The van der Waals surface area contributed by atoms with Gasteiger partial charge in [0.1, 0.15) is 22.3 Å². The Morgan fingerprint density at radius 1 is 1.12 bits per heavy atom. The fourth-order valence-corrected chi connectivity index (χ4v) is 5.82. The molecule has 2 fully saturated rings. The van der Waals surface area contributed by atoms with E-state index in [2.05, 4.69) is 32.6 Å². The summed E-state index contributed by atoms with van der Waals surface area (Å²) in [4.78, 5) is 1.57. The molecule has 0 bridgehead atoms. The summed E-state index contributed by atoms with van der Waals surface area (Å²) in [6, 6.07) is 1.90. The molecule has 1 aliphatic heterocycles. The summed E-state index contributed by atoms with van der Waals surface area (Å²) in [5.74, 6) is -0.957. The van der Waals surface area contributed by atoms with Crippen LogP contribution in [0.3, 0.4) is 0 Å². The lowest BCUT2D eigenvalue weighted by atomic mass is 9.81. The van der Waals surface area contributed by atoms with Crippen LogP contribution in [0.1, 0.15) is 53.4 Å². The Balaban J connectivity index is 1.42. The molecule has 1 aromatic rings. The molecule has 0 spiro atoms. The second kappa shape index (κ2) is 9.55. The van der Waals surface area contributed by atoms with Crippen LogP contribution in [-0.4, -0.2) is 58.0 Å². The molecule has 3 rings (SSSR count). The molecule has 1 aliphatic carbocycles. The second-order valence-corrected chi connectivity index (χ2v) is 12.6. The summed E-state index contributed by atoms with van der Waals surface area (Å²) in [6.07, 6.45) is 5.14. The van der Waals surface area contributed by atoms with E-state index in [0.717, 1.165) is 57.5 Å². The number of hydrogen-bond acceptors (Lipinski definition) is 5. The van der Waals surface area contributed by atoms with Gasteiger partial charge in [-0.3, -0.25) is 0 Å². The maximum absolute atomic E-state index is 14.0. The average Bonchev–Trinajstić information content (AvgIpc) is 3.30. The van der Waals surface area contributed by atoms with E-state index in [0.29, 0.717) is 23.9 Å². The van der Waals surface area contributed by atoms with E-state index in [1.807, 2.05) is 0 Å². The van der Waals surface area contributed by atoms with E-state index < -0.39 is 26.4 Å². The fraction of sp³-hybridized carbons (Fsp3) is 0.750. The molecule has 1 saturated heterocycles. The summed E-state index contributed by atoms with van der Waals surface area (Å²) >= 11 is 0. The topological polar surface area (TPSA) is 55.8 Å². The highest BCUT2D eigenvalue weighted by atomic mass is 32.2. The lowest BCUT2D eigenvalue weighted by molar-refractivity contribution is -0.0176. The number of likely N-dealkylation sites (tertiary alicyclic amines) is 1. The molecule has 2 atom stereocenters. The predicted molar refractivity (Wildman–Crippen MR) is 121 cm³/mol. The van der Waals surface area contributed by atoms with Gasteiger partial charge in [-0.2, -0.15) is 0 Å². The Bertz CT molecular complexity index is 884. The molecule has 5 nitrogen and oxygen atoms in total. The van der Waals surface area contributed by atoms with Crippen molar-refractivity contribution in [2.75, 3.05) is 39.1 Å². The zero-order chi connectivity index (χ0) is 23.7. The molecular formula is C24H37F2NO4S. The molecule has 32 heavy (non-hydrogen) atoms. The third-order valence-electron chi connectivity index (χ3n) is 7.00. The Morgan fingerprint density at radius 2 is 1.72 bits per heavy atom. The largest absolute Gasteiger partial charge is 0.493 e. The molecular weight excluding hydrogens is 436 g/mol. The minimum absolute atomic E-state index is 0.0283. The zero-order valence-corrected chi connectivity index (χ0v) is 20.7. The third kappa shape index (κ3) is 6.41. The Morgan fingerprint density at radius 3 is 2.25 bits per heavy atom. The highest BCUT2D eigenvalue weighted by Gasteiger charge is 2.54. The molecule has 1 aromatic carbocycles. The summed E-state index contributed by atoms with van der Waals surface area (Å²) in [5, 5.41) is 0. The molecule has 182 valence electrons. The number of benzene rings is 1. The summed E-state index contributed by atoms with van der Waals surface area (Å²) in [7, 11) is -3.96. The van der Waals surface area contributed by atoms with E-state index in [1.165, 1.54) is 12.8 Å². The van der Waals surface area contributed by atoms with E-state index >= 15 is 0 Å². The van der Waals surface area contributed by atoms with Crippen LogP contribution in [0.5, 0.6) is 5.75 Å². The van der Waals surface area contributed by atoms with Crippen molar-refractivity contribution < 1.29 is 26.7 Å². The van der Waals surface area contributed by atoms with Crippen molar-refractivity contribution in [1.82, 2.24) is 4.90 Å². The van der Waals surface area contributed by atoms with Crippen molar-refractivity contribution in [2.24, 2.45) is 17.3 Å². The summed E-state index contributed by atoms with van der Waals surface area (Å²) in [6.45, 7) is 12.9. The molecule has 0 unspecified atom stereocenters. The van der Waals surface area contributed by atoms with Crippen molar-refractivity contribution in [1.29, 1.82) is 0 Å². The minimum atomic E-state index is -3.96. The first-order chi connectivity index (χ1) is 14.8. The molecule has 0 amide bonds. The van der Waals surface area contributed by atoms with Gasteiger partial charge in [-0.05, 0) is 76.8 Å². The standard InChI is InChI=1S/C24H37F2NO4S/c1-23(2,3)31-13-11-27-9-6-17(7-10-27)24(4)16-18(24)8-12-30-19-14-20(25)22(21(26)15-19)32(5,28)29/h14-15,17-18H,6-13,16H2,1-5H3/t18-,24-/m1/s1. The normalized spacial score (nSPS) is 25.2. The maximum Gasteiger partial charge on any atom is 0.181 e. The molecule has 0 aromatic heterocycles. The van der Waals surface area contributed by atoms with Gasteiger partial charge in [0, 0.05) is 24.9 Å². The van der Waals surface area contributed by atoms with Crippen LogP contribution in [-0.2, 0) is 14.6 Å². The van der Waals surface area contributed by atoms with E-state index in [-0.39, 0.29) is 11.4 Å². The van der Waals surface area contributed by atoms with Crippen molar-refractivity contribution in [3.05, 3.63) is 23.8 Å². The second-order valence-electron chi connectivity index (χ2n) is 10.6. The number of piperidine rings is 1. The number of sulfone groups is 1. The first-order valence-electron chi connectivity index (χ1n) is 11.5. The monoisotopic (exact) mass is 473 g/mol. The summed E-state index contributed by atoms with van der Waals surface area (Å²) < 4.78 is 62.5. The summed E-state index contributed by atoms with van der Waals surface area (Å²) in [5.41, 5.74) is 0.219. The number of rotatable bonds is 9. The Kier molecular flexibility index (Phi) is 7.57. The quantitative estimate of drug-likeness (QED) is 0.521. The zero-order valence-electron chi connectivity index (χ0n) is 19.9. The van der Waals surface area contributed by atoms with Gasteiger partial charge in [0.15, 0.2) is 9.84 Å². The fourth-order valence-electron chi connectivity index (χ4n) is 4.99. The predicted octanol–water partition coefficient (Wildman–Crippen LogP) is 4.69. The molecule has 1 heterocycles. The van der Waals surface area contributed by atoms with Crippen LogP contribution >= 0.6 is 0 Å². The Hall–Kier alpha value is -1.25. The maximum atomic E-state index is 14.0. The molecule has 2 aliphatic rings. The van der Waals surface area contributed by atoms with Gasteiger partial charge in [-0.25, -0.2) is 17.2 Å². The van der Waals surface area contributed by atoms with E-state index in [1.54, 1.807) is 0 Å². The highest BCUT2D eigenvalue weighted by molar-refractivity contribution is 7.90. The minimum Gasteiger partial charge on any atom is -0.493 e. The van der Waals surface area contributed by atoms with E-state index in [4.69, 9.17) is 9.47 Å². The van der Waals surface area contributed by atoms with E-state index in [9.17, 15) is 17.2 Å². The molecule has 8 heteroatoms.